The van der Waals surface area contributed by atoms with Gasteiger partial charge in [-0.25, -0.2) is 0 Å². The quantitative estimate of drug-likeness (QED) is 0.684. The molecule has 0 heterocycles. The first kappa shape index (κ1) is 16.4. The second-order valence-corrected chi connectivity index (χ2v) is 5.74. The van der Waals surface area contributed by atoms with Crippen molar-refractivity contribution >= 4 is 5.91 Å². The molecule has 1 amide bonds. The summed E-state index contributed by atoms with van der Waals surface area (Å²) in [5.74, 6) is -0.122. The van der Waals surface area contributed by atoms with Crippen molar-refractivity contribution < 1.29 is 9.53 Å². The Morgan fingerprint density at radius 3 is 2.29 bits per heavy atom. The number of hydrogen-bond donors (Lipinski definition) is 2. The molecule has 0 saturated heterocycles. The highest BCUT2D eigenvalue weighted by molar-refractivity contribution is 5.78. The normalized spacial score (nSPS) is 12.6. The highest BCUT2D eigenvalue weighted by atomic mass is 16.5. The van der Waals surface area contributed by atoms with Gasteiger partial charge in [-0.05, 0) is 40.5 Å². The van der Waals surface area contributed by atoms with E-state index in [0.29, 0.717) is 6.61 Å². The summed E-state index contributed by atoms with van der Waals surface area (Å²) in [7, 11) is 0. The van der Waals surface area contributed by atoms with Crippen molar-refractivity contribution in [2.24, 2.45) is 5.73 Å². The smallest absolute Gasteiger partial charge is 0.234 e. The Balaban J connectivity index is 3.98. The number of rotatable bonds is 8. The lowest BCUT2D eigenvalue weighted by Gasteiger charge is -2.30. The van der Waals surface area contributed by atoms with Crippen LogP contribution in [0, 0.1) is 0 Å². The molecule has 17 heavy (non-hydrogen) atoms. The molecule has 0 rings (SSSR count). The van der Waals surface area contributed by atoms with Crippen LogP contribution in [0.3, 0.4) is 0 Å². The summed E-state index contributed by atoms with van der Waals surface area (Å²) < 4.78 is 5.84. The highest BCUT2D eigenvalue weighted by Crippen LogP contribution is 2.18. The minimum absolute atomic E-state index is 0.0333. The molecule has 3 N–H and O–H groups in total. The molecule has 0 unspecified atom stereocenters. The third-order valence-electron chi connectivity index (χ3n) is 2.74. The number of nitrogens with two attached hydrogens (primary N) is 1. The Kier molecular flexibility index (Phi) is 6.72. The van der Waals surface area contributed by atoms with Crippen LogP contribution >= 0.6 is 0 Å². The van der Waals surface area contributed by atoms with Crippen LogP contribution in [-0.2, 0) is 9.53 Å². The molecule has 0 aliphatic heterocycles. The predicted molar refractivity (Wildman–Crippen MR) is 70.8 cm³/mol. The maximum atomic E-state index is 11.2. The summed E-state index contributed by atoms with van der Waals surface area (Å²) in [5, 5.41) is 2.88. The van der Waals surface area contributed by atoms with E-state index < -0.39 is 0 Å². The largest absolute Gasteiger partial charge is 0.375 e. The fourth-order valence-corrected chi connectivity index (χ4v) is 1.75. The van der Waals surface area contributed by atoms with Gasteiger partial charge in [0.15, 0.2) is 0 Å². The third kappa shape index (κ3) is 8.16. The molecule has 0 aromatic carbocycles. The topological polar surface area (TPSA) is 64.3 Å². The molecule has 0 aliphatic rings. The zero-order chi connectivity index (χ0) is 13.5. The SMILES string of the molecule is CCCC(C)(C)OCCC(C)(C)NC(=O)CN. The molecule has 4 nitrogen and oxygen atoms in total. The van der Waals surface area contributed by atoms with Crippen molar-refractivity contribution in [2.45, 2.75) is 65.0 Å². The van der Waals surface area contributed by atoms with E-state index in [-0.39, 0.29) is 23.6 Å². The van der Waals surface area contributed by atoms with Crippen LogP contribution in [0.2, 0.25) is 0 Å². The Bertz CT molecular complexity index is 238. The van der Waals surface area contributed by atoms with E-state index in [2.05, 4.69) is 26.1 Å². The molecule has 0 spiro atoms. The summed E-state index contributed by atoms with van der Waals surface area (Å²) in [5.41, 5.74) is 4.93. The second-order valence-electron chi connectivity index (χ2n) is 5.74. The minimum Gasteiger partial charge on any atom is -0.375 e. The van der Waals surface area contributed by atoms with E-state index in [1.54, 1.807) is 0 Å². The van der Waals surface area contributed by atoms with Gasteiger partial charge in [-0.3, -0.25) is 4.79 Å². The lowest BCUT2D eigenvalue weighted by molar-refractivity contribution is -0.121. The monoisotopic (exact) mass is 244 g/mol. The summed E-state index contributed by atoms with van der Waals surface area (Å²) >= 11 is 0. The molecule has 0 saturated carbocycles. The Labute approximate surface area is 105 Å². The van der Waals surface area contributed by atoms with E-state index in [1.807, 2.05) is 13.8 Å². The van der Waals surface area contributed by atoms with Gasteiger partial charge in [0.1, 0.15) is 0 Å². The molecule has 4 heteroatoms. The van der Waals surface area contributed by atoms with E-state index in [4.69, 9.17) is 10.5 Å². The molecule has 0 bridgehead atoms. The van der Waals surface area contributed by atoms with Crippen LogP contribution < -0.4 is 11.1 Å². The summed E-state index contributed by atoms with van der Waals surface area (Å²) in [6, 6.07) is 0. The lowest BCUT2D eigenvalue weighted by atomic mass is 10.00. The van der Waals surface area contributed by atoms with E-state index in [0.717, 1.165) is 19.3 Å². The zero-order valence-corrected chi connectivity index (χ0v) is 11.9. The first-order valence-corrected chi connectivity index (χ1v) is 6.37. The van der Waals surface area contributed by atoms with Crippen LogP contribution in [0.5, 0.6) is 0 Å². The summed E-state index contributed by atoms with van der Waals surface area (Å²) in [4.78, 5) is 11.2. The number of nitrogens with one attached hydrogen (secondary N) is 1. The maximum Gasteiger partial charge on any atom is 0.234 e. The molecule has 0 aliphatic carbocycles. The van der Waals surface area contributed by atoms with Gasteiger partial charge < -0.3 is 15.8 Å². The standard InChI is InChI=1S/C13H28N2O2/c1-6-7-13(4,5)17-9-8-12(2,3)15-11(16)10-14/h6-10,14H2,1-5H3,(H,15,16). The fraction of sp³-hybridized carbons (Fsp3) is 0.923. The average molecular weight is 244 g/mol. The van der Waals surface area contributed by atoms with Crippen LogP contribution in [0.4, 0.5) is 0 Å². The lowest BCUT2D eigenvalue weighted by Crippen LogP contribution is -2.47. The van der Waals surface area contributed by atoms with Crippen molar-refractivity contribution in [1.29, 1.82) is 0 Å². The first-order chi connectivity index (χ1) is 7.72. The summed E-state index contributed by atoms with van der Waals surface area (Å²) in [6.07, 6.45) is 2.94. The van der Waals surface area contributed by atoms with Crippen molar-refractivity contribution in [3.8, 4) is 0 Å². The van der Waals surface area contributed by atoms with Gasteiger partial charge in [0, 0.05) is 12.1 Å². The Morgan fingerprint density at radius 1 is 1.24 bits per heavy atom. The van der Waals surface area contributed by atoms with Crippen LogP contribution in [0.1, 0.15) is 53.9 Å². The van der Waals surface area contributed by atoms with Crippen LogP contribution in [-0.4, -0.2) is 30.2 Å². The molecular formula is C13H28N2O2. The van der Waals surface area contributed by atoms with Gasteiger partial charge in [-0.1, -0.05) is 13.3 Å². The van der Waals surface area contributed by atoms with Gasteiger partial charge in [0.05, 0.1) is 12.1 Å². The van der Waals surface area contributed by atoms with Crippen molar-refractivity contribution in [2.75, 3.05) is 13.2 Å². The van der Waals surface area contributed by atoms with E-state index in [9.17, 15) is 4.79 Å². The number of amides is 1. The van der Waals surface area contributed by atoms with E-state index >= 15 is 0 Å². The number of ether oxygens (including phenoxy) is 1. The molecule has 102 valence electrons. The minimum atomic E-state index is -0.265. The molecular weight excluding hydrogens is 216 g/mol. The molecule has 0 aromatic heterocycles. The van der Waals surface area contributed by atoms with Gasteiger partial charge in [-0.2, -0.15) is 0 Å². The third-order valence-corrected chi connectivity index (χ3v) is 2.74. The van der Waals surface area contributed by atoms with E-state index in [1.165, 1.54) is 0 Å². The fourth-order valence-electron chi connectivity index (χ4n) is 1.75. The Morgan fingerprint density at radius 2 is 1.82 bits per heavy atom. The maximum absolute atomic E-state index is 11.2. The van der Waals surface area contributed by atoms with Crippen molar-refractivity contribution in [3.05, 3.63) is 0 Å². The number of carbonyl (C=O) groups is 1. The van der Waals surface area contributed by atoms with Crippen molar-refractivity contribution in [3.63, 3.8) is 0 Å². The molecule has 0 radical (unpaired) electrons. The number of carbonyl (C=O) groups excluding carboxylic acids is 1. The van der Waals surface area contributed by atoms with Gasteiger partial charge in [0.25, 0.3) is 0 Å². The van der Waals surface area contributed by atoms with Crippen LogP contribution in [0.15, 0.2) is 0 Å². The summed E-state index contributed by atoms with van der Waals surface area (Å²) in [6.45, 7) is 11.0. The Hall–Kier alpha value is -0.610. The van der Waals surface area contributed by atoms with Crippen LogP contribution in [0.25, 0.3) is 0 Å². The average Bonchev–Trinajstić information content (AvgIpc) is 2.15. The molecule has 0 fully saturated rings. The predicted octanol–water partition coefficient (Wildman–Crippen LogP) is 1.83. The van der Waals surface area contributed by atoms with Crippen molar-refractivity contribution in [1.82, 2.24) is 5.32 Å². The highest BCUT2D eigenvalue weighted by Gasteiger charge is 2.22. The number of hydrogen-bond acceptors (Lipinski definition) is 3. The van der Waals surface area contributed by atoms with Gasteiger partial charge in [-0.15, -0.1) is 0 Å². The first-order valence-electron chi connectivity index (χ1n) is 6.37. The second kappa shape index (κ2) is 6.97. The van der Waals surface area contributed by atoms with Gasteiger partial charge in [0.2, 0.25) is 5.91 Å². The van der Waals surface area contributed by atoms with Gasteiger partial charge >= 0.3 is 0 Å². The molecule has 0 aromatic rings. The zero-order valence-electron chi connectivity index (χ0n) is 11.9. The molecule has 0 atom stereocenters.